The predicted octanol–water partition coefficient (Wildman–Crippen LogP) is 3.41. The number of hydrogen-bond acceptors (Lipinski definition) is 8. The number of halogens is 1. The van der Waals surface area contributed by atoms with Crippen molar-refractivity contribution in [1.29, 1.82) is 0 Å². The highest BCUT2D eigenvalue weighted by molar-refractivity contribution is 14.0. The third-order valence-electron chi connectivity index (χ3n) is 6.23. The smallest absolute Gasteiger partial charge is 0.225 e. The summed E-state index contributed by atoms with van der Waals surface area (Å²) < 4.78 is 12.0. The number of benzene rings is 2. The molecule has 3 N–H and O–H groups in total. The minimum absolute atomic E-state index is 0. The zero-order valence-corrected chi connectivity index (χ0v) is 20.2. The molecule has 0 atom stereocenters. The summed E-state index contributed by atoms with van der Waals surface area (Å²) in [6.07, 6.45) is 3.93. The highest BCUT2D eigenvalue weighted by Crippen LogP contribution is 2.34. The third-order valence-corrected chi connectivity index (χ3v) is 6.23. The fraction of sp³-hybridized carbons (Fsp3) is 0.348. The average molecular weight is 562 g/mol. The number of ether oxygens (including phenoxy) is 1. The molecule has 0 radical (unpaired) electrons. The fourth-order valence-corrected chi connectivity index (χ4v) is 4.32. The minimum atomic E-state index is 0. The van der Waals surface area contributed by atoms with E-state index >= 15 is 0 Å². The number of carbonyl (C=O) groups excluding carboxylic acids is 1. The van der Waals surface area contributed by atoms with Crippen LogP contribution in [0.1, 0.15) is 32.7 Å². The Balaban J connectivity index is 0.00000137. The summed E-state index contributed by atoms with van der Waals surface area (Å²) in [5.74, 6) is 2.79. The van der Waals surface area contributed by atoms with Crippen LogP contribution in [0.2, 0.25) is 0 Å². The van der Waals surface area contributed by atoms with Crippen molar-refractivity contribution in [3.63, 3.8) is 0 Å². The SMILES string of the molecule is I.O=C(C1CC1)N1CCC(Oc2cccc(-c3onc4ccc(C5=NNNN5)cc34)c2)CC1.[HH]. The van der Waals surface area contributed by atoms with E-state index in [2.05, 4.69) is 26.8 Å². The summed E-state index contributed by atoms with van der Waals surface area (Å²) in [6, 6.07) is 13.8. The maximum Gasteiger partial charge on any atom is 0.225 e. The number of amidine groups is 1. The first-order valence-corrected chi connectivity index (χ1v) is 11.0. The van der Waals surface area contributed by atoms with Crippen LogP contribution in [0, 0.1) is 5.92 Å². The molecule has 10 heteroatoms. The lowest BCUT2D eigenvalue weighted by Crippen LogP contribution is -2.42. The summed E-state index contributed by atoms with van der Waals surface area (Å²) in [6.45, 7) is 1.55. The Kier molecular flexibility index (Phi) is 6.11. The zero-order valence-electron chi connectivity index (χ0n) is 17.9. The van der Waals surface area contributed by atoms with Gasteiger partial charge in [-0.25, -0.2) is 5.53 Å². The van der Waals surface area contributed by atoms with Crippen LogP contribution in [0.4, 0.5) is 0 Å². The van der Waals surface area contributed by atoms with E-state index in [1.165, 1.54) is 0 Å². The van der Waals surface area contributed by atoms with Crippen molar-refractivity contribution in [3.8, 4) is 17.1 Å². The van der Waals surface area contributed by atoms with Crippen LogP contribution in [-0.2, 0) is 4.79 Å². The highest BCUT2D eigenvalue weighted by Gasteiger charge is 2.35. The van der Waals surface area contributed by atoms with Gasteiger partial charge in [-0.3, -0.25) is 10.2 Å². The standard InChI is InChI=1S/C23H24N6O3.HI.H2/c30-23(14-4-5-14)29-10-8-17(9-11-29)31-18-3-1-2-15(12-18)21-19-13-16(22-24-27-28-25-22)6-7-20(19)26-32-21;;/h1-3,6-7,12-14,17,27-28H,4-5,8-11H2,(H,24,25);2*1H. The minimum Gasteiger partial charge on any atom is -0.490 e. The topological polar surface area (TPSA) is 104 Å². The molecule has 1 saturated carbocycles. The van der Waals surface area contributed by atoms with E-state index in [0.717, 1.165) is 66.6 Å². The van der Waals surface area contributed by atoms with Gasteiger partial charge in [-0.15, -0.1) is 34.6 Å². The highest BCUT2D eigenvalue weighted by atomic mass is 127. The Morgan fingerprint density at radius 2 is 1.94 bits per heavy atom. The molecule has 0 unspecified atom stereocenters. The maximum atomic E-state index is 12.3. The first-order chi connectivity index (χ1) is 15.7. The van der Waals surface area contributed by atoms with Gasteiger partial charge in [0.2, 0.25) is 5.91 Å². The number of hydrazone groups is 1. The number of fused-ring (bicyclic) bond motifs is 1. The van der Waals surface area contributed by atoms with Crippen LogP contribution in [0.5, 0.6) is 5.75 Å². The van der Waals surface area contributed by atoms with Crippen LogP contribution in [-0.4, -0.2) is 41.0 Å². The van der Waals surface area contributed by atoms with Gasteiger partial charge >= 0.3 is 0 Å². The van der Waals surface area contributed by atoms with E-state index in [0.29, 0.717) is 17.5 Å². The molecule has 0 spiro atoms. The Hall–Kier alpha value is -2.86. The number of hydrazine groups is 2. The van der Waals surface area contributed by atoms with Crippen molar-refractivity contribution in [2.45, 2.75) is 31.8 Å². The number of nitrogens with one attached hydrogen (secondary N) is 3. The van der Waals surface area contributed by atoms with Crippen molar-refractivity contribution in [2.24, 2.45) is 11.0 Å². The molecule has 1 aliphatic carbocycles. The summed E-state index contributed by atoms with van der Waals surface area (Å²) >= 11 is 0. The quantitative estimate of drug-likeness (QED) is 0.410. The molecule has 3 aliphatic rings. The molecule has 6 rings (SSSR count). The number of piperidine rings is 1. The molecule has 33 heavy (non-hydrogen) atoms. The molecule has 2 fully saturated rings. The average Bonchev–Trinajstić information content (AvgIpc) is 3.36. The van der Waals surface area contributed by atoms with Crippen molar-refractivity contribution >= 4 is 46.6 Å². The van der Waals surface area contributed by atoms with E-state index in [-0.39, 0.29) is 37.4 Å². The molecule has 174 valence electrons. The van der Waals surface area contributed by atoms with E-state index in [1.54, 1.807) is 0 Å². The van der Waals surface area contributed by atoms with Gasteiger partial charge in [-0.05, 0) is 43.2 Å². The van der Waals surface area contributed by atoms with E-state index in [9.17, 15) is 4.79 Å². The number of aromatic nitrogens is 1. The van der Waals surface area contributed by atoms with Crippen LogP contribution in [0.15, 0.2) is 52.1 Å². The molecule has 1 aromatic heterocycles. The van der Waals surface area contributed by atoms with Crippen LogP contribution >= 0.6 is 24.0 Å². The molecule has 1 amide bonds. The van der Waals surface area contributed by atoms with Crippen molar-refractivity contribution in [2.75, 3.05) is 13.1 Å². The second-order valence-corrected chi connectivity index (χ2v) is 8.51. The van der Waals surface area contributed by atoms with Crippen LogP contribution in [0.25, 0.3) is 22.2 Å². The molecule has 0 bridgehead atoms. The number of nitrogens with zero attached hydrogens (tertiary/aromatic N) is 3. The summed E-state index contributed by atoms with van der Waals surface area (Å²) in [5.41, 5.74) is 11.0. The number of rotatable bonds is 5. The van der Waals surface area contributed by atoms with E-state index in [1.807, 2.05) is 47.4 Å². The lowest BCUT2D eigenvalue weighted by Gasteiger charge is -2.32. The van der Waals surface area contributed by atoms with Crippen molar-refractivity contribution in [3.05, 3.63) is 48.0 Å². The largest absolute Gasteiger partial charge is 0.490 e. The third kappa shape index (κ3) is 4.49. The summed E-state index contributed by atoms with van der Waals surface area (Å²) in [5, 5.41) is 9.27. The summed E-state index contributed by atoms with van der Waals surface area (Å²) in [4.78, 5) is 14.3. The lowest BCUT2D eigenvalue weighted by molar-refractivity contribution is -0.134. The van der Waals surface area contributed by atoms with Gasteiger partial charge in [0.25, 0.3) is 0 Å². The number of likely N-dealkylation sites (tertiary alicyclic amines) is 1. The van der Waals surface area contributed by atoms with Gasteiger partial charge in [0.15, 0.2) is 11.6 Å². The van der Waals surface area contributed by atoms with Crippen LogP contribution in [0.3, 0.4) is 0 Å². The molecular formula is C23H27IN6O3. The lowest BCUT2D eigenvalue weighted by atomic mass is 10.0. The Morgan fingerprint density at radius 1 is 1.09 bits per heavy atom. The molecular weight excluding hydrogens is 535 g/mol. The number of hydrogen-bond donors (Lipinski definition) is 3. The second-order valence-electron chi connectivity index (χ2n) is 8.51. The van der Waals surface area contributed by atoms with Gasteiger partial charge in [0.05, 0.1) is 5.39 Å². The van der Waals surface area contributed by atoms with Crippen LogP contribution < -0.4 is 21.2 Å². The van der Waals surface area contributed by atoms with Gasteiger partial charge in [0.1, 0.15) is 17.4 Å². The first-order valence-electron chi connectivity index (χ1n) is 11.0. The number of amides is 1. The van der Waals surface area contributed by atoms with Gasteiger partial charge in [-0.2, -0.15) is 0 Å². The molecule has 2 aliphatic heterocycles. The Labute approximate surface area is 209 Å². The fourth-order valence-electron chi connectivity index (χ4n) is 4.32. The first kappa shape index (κ1) is 22.0. The van der Waals surface area contributed by atoms with Gasteiger partial charge < -0.3 is 14.2 Å². The Morgan fingerprint density at radius 3 is 2.70 bits per heavy atom. The van der Waals surface area contributed by atoms with Crippen molar-refractivity contribution < 1.29 is 15.5 Å². The maximum absolute atomic E-state index is 12.3. The normalized spacial score (nSPS) is 18.3. The monoisotopic (exact) mass is 562 g/mol. The van der Waals surface area contributed by atoms with Crippen molar-refractivity contribution in [1.82, 2.24) is 26.6 Å². The van der Waals surface area contributed by atoms with E-state index < -0.39 is 0 Å². The molecule has 3 aromatic rings. The van der Waals surface area contributed by atoms with Gasteiger partial charge in [-0.1, -0.05) is 17.3 Å². The second kappa shape index (κ2) is 9.18. The molecule has 2 aromatic carbocycles. The predicted molar refractivity (Wildman–Crippen MR) is 136 cm³/mol. The number of carbonyl (C=O) groups is 1. The zero-order chi connectivity index (χ0) is 21.5. The summed E-state index contributed by atoms with van der Waals surface area (Å²) in [7, 11) is 0. The Bertz CT molecular complexity index is 1210. The molecule has 9 nitrogen and oxygen atoms in total. The molecule has 3 heterocycles. The van der Waals surface area contributed by atoms with Gasteiger partial charge in [0, 0.05) is 44.4 Å². The molecule has 1 saturated heterocycles. The van der Waals surface area contributed by atoms with E-state index in [4.69, 9.17) is 9.26 Å².